The third kappa shape index (κ3) is 3.94. The number of hydrogen-bond donors (Lipinski definition) is 1. The highest BCUT2D eigenvalue weighted by Gasteiger charge is 2.10. The summed E-state index contributed by atoms with van der Waals surface area (Å²) in [6.45, 7) is 4.18. The summed E-state index contributed by atoms with van der Waals surface area (Å²) in [5.41, 5.74) is 1.01. The second-order valence-electron chi connectivity index (χ2n) is 4.32. The highest BCUT2D eigenvalue weighted by molar-refractivity contribution is 8.01. The first-order chi connectivity index (χ1) is 9.22. The van der Waals surface area contributed by atoms with Crippen LogP contribution in [0.2, 0.25) is 0 Å². The van der Waals surface area contributed by atoms with Crippen LogP contribution in [0.4, 0.5) is 0 Å². The molecule has 0 saturated carbocycles. The van der Waals surface area contributed by atoms with Gasteiger partial charge < -0.3 is 5.32 Å². The van der Waals surface area contributed by atoms with Crippen molar-refractivity contribution in [3.8, 4) is 0 Å². The van der Waals surface area contributed by atoms with Gasteiger partial charge >= 0.3 is 0 Å². The van der Waals surface area contributed by atoms with E-state index in [2.05, 4.69) is 30.2 Å². The van der Waals surface area contributed by atoms with Crippen molar-refractivity contribution < 1.29 is 4.79 Å². The third-order valence-electron chi connectivity index (χ3n) is 2.95. The summed E-state index contributed by atoms with van der Waals surface area (Å²) in [5.74, 6) is 0.536. The van der Waals surface area contributed by atoms with Crippen molar-refractivity contribution in [3.05, 3.63) is 24.3 Å². The number of rotatable bonds is 6. The molecule has 3 nitrogen and oxygen atoms in total. The van der Waals surface area contributed by atoms with Crippen LogP contribution in [0.15, 0.2) is 28.6 Å². The lowest BCUT2D eigenvalue weighted by atomic mass is 10.2. The standard InChI is InChI=1S/C14H18N2OS2/c1-3-10(4-2)15-13(17)9-18-14-16-11-7-5-6-8-12(11)19-14/h5-8,10H,3-4,9H2,1-2H3,(H,15,17). The van der Waals surface area contributed by atoms with Crippen molar-refractivity contribution in [1.82, 2.24) is 10.3 Å². The number of thiazole rings is 1. The second kappa shape index (κ2) is 6.91. The van der Waals surface area contributed by atoms with Crippen molar-refractivity contribution in [2.24, 2.45) is 0 Å². The molecule has 19 heavy (non-hydrogen) atoms. The quantitative estimate of drug-likeness (QED) is 0.826. The van der Waals surface area contributed by atoms with E-state index in [4.69, 9.17) is 0 Å². The Morgan fingerprint density at radius 2 is 2.11 bits per heavy atom. The Balaban J connectivity index is 1.89. The minimum Gasteiger partial charge on any atom is -0.353 e. The number of nitrogens with zero attached hydrogens (tertiary/aromatic N) is 1. The fourth-order valence-corrected chi connectivity index (χ4v) is 3.68. The molecule has 1 aromatic heterocycles. The predicted molar refractivity (Wildman–Crippen MR) is 82.9 cm³/mol. The number of aromatic nitrogens is 1. The van der Waals surface area contributed by atoms with Crippen LogP contribution in [0.5, 0.6) is 0 Å². The molecule has 0 spiro atoms. The predicted octanol–water partition coefficient (Wildman–Crippen LogP) is 3.69. The van der Waals surface area contributed by atoms with Gasteiger partial charge in [0.2, 0.25) is 5.91 Å². The van der Waals surface area contributed by atoms with Gasteiger partial charge in [0.25, 0.3) is 0 Å². The Kier molecular flexibility index (Phi) is 5.22. The van der Waals surface area contributed by atoms with Gasteiger partial charge in [0, 0.05) is 6.04 Å². The summed E-state index contributed by atoms with van der Waals surface area (Å²) in [7, 11) is 0. The van der Waals surface area contributed by atoms with Crippen LogP contribution in [0.25, 0.3) is 10.2 Å². The number of para-hydroxylation sites is 1. The maximum Gasteiger partial charge on any atom is 0.230 e. The van der Waals surface area contributed by atoms with Gasteiger partial charge in [-0.25, -0.2) is 4.98 Å². The Hall–Kier alpha value is -1.07. The van der Waals surface area contributed by atoms with Gasteiger partial charge in [0.1, 0.15) is 0 Å². The van der Waals surface area contributed by atoms with E-state index in [1.54, 1.807) is 11.3 Å². The van der Waals surface area contributed by atoms with Gasteiger partial charge in [0.15, 0.2) is 4.34 Å². The molecule has 2 rings (SSSR count). The molecule has 0 fully saturated rings. The highest BCUT2D eigenvalue weighted by atomic mass is 32.2. The summed E-state index contributed by atoms with van der Waals surface area (Å²) in [4.78, 5) is 16.3. The molecule has 5 heteroatoms. The average molecular weight is 294 g/mol. The lowest BCUT2D eigenvalue weighted by Gasteiger charge is -2.13. The number of hydrogen-bond acceptors (Lipinski definition) is 4. The molecular formula is C14H18N2OS2. The summed E-state index contributed by atoms with van der Waals surface area (Å²) in [6, 6.07) is 8.34. The number of nitrogens with one attached hydrogen (secondary N) is 1. The number of benzene rings is 1. The molecule has 0 aliphatic carbocycles. The number of fused-ring (bicyclic) bond motifs is 1. The van der Waals surface area contributed by atoms with E-state index < -0.39 is 0 Å². The van der Waals surface area contributed by atoms with Crippen LogP contribution >= 0.6 is 23.1 Å². The molecule has 1 heterocycles. The molecule has 0 aliphatic heterocycles. The minimum absolute atomic E-state index is 0.0953. The van der Waals surface area contributed by atoms with Crippen molar-refractivity contribution in [2.45, 2.75) is 37.1 Å². The lowest BCUT2D eigenvalue weighted by Crippen LogP contribution is -2.34. The minimum atomic E-state index is 0.0953. The maximum atomic E-state index is 11.8. The van der Waals surface area contributed by atoms with Gasteiger partial charge in [0.05, 0.1) is 16.0 Å². The van der Waals surface area contributed by atoms with E-state index >= 15 is 0 Å². The number of amides is 1. The molecule has 1 aromatic carbocycles. The van der Waals surface area contributed by atoms with E-state index in [1.165, 1.54) is 16.5 Å². The Morgan fingerprint density at radius 1 is 1.37 bits per heavy atom. The number of thioether (sulfide) groups is 1. The van der Waals surface area contributed by atoms with Crippen molar-refractivity contribution >= 4 is 39.2 Å². The van der Waals surface area contributed by atoms with Crippen LogP contribution in [0.3, 0.4) is 0 Å². The van der Waals surface area contributed by atoms with Gasteiger partial charge in [-0.1, -0.05) is 37.7 Å². The topological polar surface area (TPSA) is 42.0 Å². The molecule has 0 aliphatic rings. The molecule has 0 atom stereocenters. The fraction of sp³-hybridized carbons (Fsp3) is 0.429. The van der Waals surface area contributed by atoms with Gasteiger partial charge in [-0.05, 0) is 25.0 Å². The summed E-state index contributed by atoms with van der Waals surface area (Å²) >= 11 is 3.15. The zero-order valence-corrected chi connectivity index (χ0v) is 12.8. The van der Waals surface area contributed by atoms with Crippen LogP contribution < -0.4 is 5.32 Å². The van der Waals surface area contributed by atoms with Crippen LogP contribution in [0.1, 0.15) is 26.7 Å². The largest absolute Gasteiger partial charge is 0.353 e. The maximum absolute atomic E-state index is 11.8. The van der Waals surface area contributed by atoms with Crippen LogP contribution in [-0.4, -0.2) is 22.7 Å². The molecule has 1 amide bonds. The first-order valence-corrected chi connectivity index (χ1v) is 8.30. The molecule has 0 radical (unpaired) electrons. The lowest BCUT2D eigenvalue weighted by molar-refractivity contribution is -0.119. The number of carbonyl (C=O) groups is 1. The summed E-state index contributed by atoms with van der Waals surface area (Å²) in [5, 5.41) is 3.04. The Labute approximate surface area is 121 Å². The molecule has 0 bridgehead atoms. The molecule has 1 N–H and O–H groups in total. The van der Waals surface area contributed by atoms with E-state index in [-0.39, 0.29) is 5.91 Å². The zero-order valence-electron chi connectivity index (χ0n) is 11.2. The molecule has 102 valence electrons. The monoisotopic (exact) mass is 294 g/mol. The van der Waals surface area contributed by atoms with Gasteiger partial charge in [-0.15, -0.1) is 11.3 Å². The van der Waals surface area contributed by atoms with Crippen molar-refractivity contribution in [3.63, 3.8) is 0 Å². The molecule has 2 aromatic rings. The van der Waals surface area contributed by atoms with E-state index in [1.807, 2.05) is 18.2 Å². The van der Waals surface area contributed by atoms with Gasteiger partial charge in [-0.3, -0.25) is 4.79 Å². The summed E-state index contributed by atoms with van der Waals surface area (Å²) in [6.07, 6.45) is 1.96. The Morgan fingerprint density at radius 3 is 2.79 bits per heavy atom. The Bertz CT molecular complexity index is 516. The SMILES string of the molecule is CCC(CC)NC(=O)CSc1nc2ccccc2s1. The summed E-state index contributed by atoms with van der Waals surface area (Å²) < 4.78 is 2.13. The van der Waals surface area contributed by atoms with E-state index in [0.29, 0.717) is 11.8 Å². The highest BCUT2D eigenvalue weighted by Crippen LogP contribution is 2.29. The third-order valence-corrected chi connectivity index (χ3v) is 5.13. The fourth-order valence-electron chi connectivity index (χ4n) is 1.80. The zero-order chi connectivity index (χ0) is 13.7. The molecule has 0 saturated heterocycles. The number of carbonyl (C=O) groups excluding carboxylic acids is 1. The first-order valence-electron chi connectivity index (χ1n) is 6.50. The first kappa shape index (κ1) is 14.3. The average Bonchev–Trinajstić information content (AvgIpc) is 2.85. The van der Waals surface area contributed by atoms with Crippen LogP contribution in [0, 0.1) is 0 Å². The normalized spacial score (nSPS) is 11.1. The van der Waals surface area contributed by atoms with Crippen molar-refractivity contribution in [2.75, 3.05) is 5.75 Å². The second-order valence-corrected chi connectivity index (χ2v) is 6.57. The molecular weight excluding hydrogens is 276 g/mol. The van der Waals surface area contributed by atoms with Crippen molar-refractivity contribution in [1.29, 1.82) is 0 Å². The van der Waals surface area contributed by atoms with Gasteiger partial charge in [-0.2, -0.15) is 0 Å². The molecule has 0 unspecified atom stereocenters. The van der Waals surface area contributed by atoms with Crippen LogP contribution in [-0.2, 0) is 4.79 Å². The smallest absolute Gasteiger partial charge is 0.230 e. The van der Waals surface area contributed by atoms with E-state index in [0.717, 1.165) is 22.7 Å². The van der Waals surface area contributed by atoms with E-state index in [9.17, 15) is 4.79 Å².